The van der Waals surface area contributed by atoms with Gasteiger partial charge in [0.2, 0.25) is 0 Å². The lowest BCUT2D eigenvalue weighted by Crippen LogP contribution is -2.44. The first-order valence-corrected chi connectivity index (χ1v) is 17.8. The van der Waals surface area contributed by atoms with Crippen LogP contribution in [0.3, 0.4) is 0 Å². The highest BCUT2D eigenvalue weighted by atomic mass is 16.7. The van der Waals surface area contributed by atoms with Gasteiger partial charge in [0.25, 0.3) is 0 Å². The van der Waals surface area contributed by atoms with Gasteiger partial charge in [0.15, 0.2) is 48.2 Å². The van der Waals surface area contributed by atoms with Crippen molar-refractivity contribution >= 4 is 11.6 Å². The van der Waals surface area contributed by atoms with Gasteiger partial charge in [-0.3, -0.25) is 9.59 Å². The Labute approximate surface area is 307 Å². The lowest BCUT2D eigenvalue weighted by molar-refractivity contribution is -0.123. The molecule has 2 saturated heterocycles. The van der Waals surface area contributed by atoms with E-state index in [-0.39, 0.29) is 48.8 Å². The van der Waals surface area contributed by atoms with Crippen molar-refractivity contribution in [3.05, 3.63) is 96.5 Å². The molecular formula is C42H52O10. The van der Waals surface area contributed by atoms with Crippen molar-refractivity contribution in [2.24, 2.45) is 23.7 Å². The first-order chi connectivity index (χ1) is 25.1. The largest absolute Gasteiger partial charge is 0.493 e. The molecule has 2 aliphatic carbocycles. The van der Waals surface area contributed by atoms with Crippen LogP contribution in [0, 0.1) is 23.7 Å². The summed E-state index contributed by atoms with van der Waals surface area (Å²) in [5, 5.41) is 0. The van der Waals surface area contributed by atoms with Crippen LogP contribution >= 0.6 is 0 Å². The molecule has 2 heterocycles. The van der Waals surface area contributed by atoms with Gasteiger partial charge in [-0.05, 0) is 85.8 Å². The SMILES string of the molecule is C=CC[C@@H]1C[C@@]2(C(C)Cc3ccc(OC)c(OC)c3)OCOC2=CC1=O.C=CC[C@H]1C[C@]2(C(C)Cc3ccc(OC)c(OC)c3)OCOC2=CC1=O. The minimum Gasteiger partial charge on any atom is -0.493 e. The number of allylic oxidation sites excluding steroid dienone is 4. The van der Waals surface area contributed by atoms with Gasteiger partial charge < -0.3 is 37.9 Å². The van der Waals surface area contributed by atoms with Gasteiger partial charge in [0.05, 0.1) is 28.4 Å². The summed E-state index contributed by atoms with van der Waals surface area (Å²) in [6.07, 6.45) is 10.9. The van der Waals surface area contributed by atoms with Crippen LogP contribution < -0.4 is 18.9 Å². The van der Waals surface area contributed by atoms with Crippen molar-refractivity contribution in [2.45, 2.75) is 63.6 Å². The fourth-order valence-corrected chi connectivity index (χ4v) is 7.88. The fourth-order valence-electron chi connectivity index (χ4n) is 7.88. The summed E-state index contributed by atoms with van der Waals surface area (Å²) in [6.45, 7) is 12.2. The smallest absolute Gasteiger partial charge is 0.189 e. The van der Waals surface area contributed by atoms with Crippen LogP contribution in [0.25, 0.3) is 0 Å². The second kappa shape index (κ2) is 16.9. The highest BCUT2D eigenvalue weighted by molar-refractivity contribution is 5.94. The van der Waals surface area contributed by atoms with Crippen LogP contribution in [0.5, 0.6) is 23.0 Å². The molecule has 0 spiro atoms. The van der Waals surface area contributed by atoms with E-state index < -0.39 is 11.2 Å². The van der Waals surface area contributed by atoms with Gasteiger partial charge >= 0.3 is 0 Å². The number of fused-ring (bicyclic) bond motifs is 2. The quantitative estimate of drug-likeness (QED) is 0.184. The van der Waals surface area contributed by atoms with Gasteiger partial charge in [-0.15, -0.1) is 13.2 Å². The molecule has 2 unspecified atom stereocenters. The van der Waals surface area contributed by atoms with Crippen LogP contribution in [0.1, 0.15) is 50.7 Å². The third kappa shape index (κ3) is 7.78. The number of ketones is 2. The second-order valence-electron chi connectivity index (χ2n) is 13.9. The number of rotatable bonds is 14. The van der Waals surface area contributed by atoms with E-state index in [1.807, 2.05) is 36.4 Å². The Morgan fingerprint density at radius 1 is 0.673 bits per heavy atom. The summed E-state index contributed by atoms with van der Waals surface area (Å²) in [5.74, 6) is 4.40. The van der Waals surface area contributed by atoms with E-state index in [4.69, 9.17) is 37.9 Å². The molecule has 0 saturated carbocycles. The summed E-state index contributed by atoms with van der Waals surface area (Å²) in [7, 11) is 6.51. The monoisotopic (exact) mass is 716 g/mol. The number of hydrogen-bond acceptors (Lipinski definition) is 10. The molecule has 0 radical (unpaired) electrons. The normalized spacial score (nSPS) is 25.7. The van der Waals surface area contributed by atoms with E-state index in [2.05, 4.69) is 27.0 Å². The number of carbonyl (C=O) groups excluding carboxylic acids is 2. The number of ether oxygens (including phenoxy) is 8. The van der Waals surface area contributed by atoms with Crippen molar-refractivity contribution < 1.29 is 47.5 Å². The van der Waals surface area contributed by atoms with E-state index in [0.29, 0.717) is 60.2 Å². The zero-order chi connectivity index (χ0) is 37.5. The average molecular weight is 717 g/mol. The predicted octanol–water partition coefficient (Wildman–Crippen LogP) is 7.35. The zero-order valence-electron chi connectivity index (χ0n) is 31.2. The topological polar surface area (TPSA) is 108 Å². The molecule has 2 aromatic carbocycles. The first kappa shape index (κ1) is 38.7. The Hall–Kier alpha value is -4.54. The van der Waals surface area contributed by atoms with E-state index in [9.17, 15) is 9.59 Å². The van der Waals surface area contributed by atoms with Gasteiger partial charge in [-0.2, -0.15) is 0 Å². The maximum absolute atomic E-state index is 12.3. The zero-order valence-corrected chi connectivity index (χ0v) is 31.2. The molecule has 2 fully saturated rings. The van der Waals surface area contributed by atoms with Gasteiger partial charge in [0, 0.05) is 24.0 Å². The van der Waals surface area contributed by atoms with Crippen molar-refractivity contribution in [1.82, 2.24) is 0 Å². The van der Waals surface area contributed by atoms with Crippen LogP contribution in [-0.4, -0.2) is 64.8 Å². The minimum absolute atomic E-state index is 0.0966. The lowest BCUT2D eigenvalue weighted by atomic mass is 9.71. The summed E-state index contributed by atoms with van der Waals surface area (Å²) in [4.78, 5) is 24.6. The molecule has 52 heavy (non-hydrogen) atoms. The Morgan fingerprint density at radius 2 is 1.06 bits per heavy atom. The molecule has 10 heteroatoms. The molecule has 0 amide bonds. The Morgan fingerprint density at radius 3 is 1.40 bits per heavy atom. The molecule has 0 bridgehead atoms. The fraction of sp³-hybridized carbons (Fsp3) is 0.476. The van der Waals surface area contributed by atoms with E-state index >= 15 is 0 Å². The highest BCUT2D eigenvalue weighted by Crippen LogP contribution is 2.48. The van der Waals surface area contributed by atoms with Gasteiger partial charge in [-0.1, -0.05) is 38.1 Å². The standard InChI is InChI=1S/2C21H26O5/c2*1-5-6-16-12-21(20(11-17(16)22)25-13-26-21)14(2)9-15-7-8-18(23-3)19(10-15)24-4/h2*5,7-8,10-11,14,16H,1,6,9,12-13H2,2-4H3/t2*14?,16-,21+/m10/s1. The molecule has 280 valence electrons. The number of benzene rings is 2. The second-order valence-corrected chi connectivity index (χ2v) is 13.9. The average Bonchev–Trinajstić information content (AvgIpc) is 3.77. The van der Waals surface area contributed by atoms with Crippen LogP contribution in [0.4, 0.5) is 0 Å². The van der Waals surface area contributed by atoms with Crippen molar-refractivity contribution in [3.8, 4) is 23.0 Å². The summed E-state index contributed by atoms with van der Waals surface area (Å²) in [5.41, 5.74) is 1.12. The molecule has 10 nitrogen and oxygen atoms in total. The maximum atomic E-state index is 12.3. The number of hydrogen-bond donors (Lipinski definition) is 0. The highest BCUT2D eigenvalue weighted by Gasteiger charge is 2.52. The first-order valence-electron chi connectivity index (χ1n) is 17.8. The van der Waals surface area contributed by atoms with Crippen molar-refractivity contribution in [1.29, 1.82) is 0 Å². The van der Waals surface area contributed by atoms with Crippen LogP contribution in [0.2, 0.25) is 0 Å². The van der Waals surface area contributed by atoms with Gasteiger partial charge in [-0.25, -0.2) is 0 Å². The van der Waals surface area contributed by atoms with E-state index in [1.54, 1.807) is 52.7 Å². The number of methoxy groups -OCH3 is 4. The summed E-state index contributed by atoms with van der Waals surface area (Å²) < 4.78 is 44.9. The summed E-state index contributed by atoms with van der Waals surface area (Å²) in [6, 6.07) is 11.9. The van der Waals surface area contributed by atoms with Crippen molar-refractivity contribution in [2.75, 3.05) is 42.0 Å². The third-order valence-electron chi connectivity index (χ3n) is 10.8. The molecule has 2 aromatic rings. The summed E-state index contributed by atoms with van der Waals surface area (Å²) >= 11 is 0. The van der Waals surface area contributed by atoms with Gasteiger partial charge in [0.1, 0.15) is 22.7 Å². The molecule has 0 N–H and O–H groups in total. The number of carbonyl (C=O) groups is 2. The Kier molecular flexibility index (Phi) is 12.5. The van der Waals surface area contributed by atoms with Crippen LogP contribution in [-0.2, 0) is 41.4 Å². The lowest BCUT2D eigenvalue weighted by Gasteiger charge is -2.38. The Bertz CT molecular complexity index is 1570. The van der Waals surface area contributed by atoms with Crippen LogP contribution in [0.15, 0.2) is 85.4 Å². The molecule has 6 rings (SSSR count). The van der Waals surface area contributed by atoms with E-state index in [0.717, 1.165) is 24.0 Å². The molecule has 0 aromatic heterocycles. The minimum atomic E-state index is -0.561. The molecule has 4 aliphatic rings. The predicted molar refractivity (Wildman–Crippen MR) is 196 cm³/mol. The molecule has 2 aliphatic heterocycles. The van der Waals surface area contributed by atoms with Crippen molar-refractivity contribution in [3.63, 3.8) is 0 Å². The third-order valence-corrected chi connectivity index (χ3v) is 10.8. The maximum Gasteiger partial charge on any atom is 0.189 e. The molecule has 6 atom stereocenters. The van der Waals surface area contributed by atoms with E-state index in [1.165, 1.54) is 0 Å². The molecular weight excluding hydrogens is 664 g/mol. The Balaban J connectivity index is 0.000000201.